The molecule has 2 heterocycles. The van der Waals surface area contributed by atoms with Crippen LogP contribution in [0.25, 0.3) is 11.4 Å². The monoisotopic (exact) mass is 447 g/mol. The highest BCUT2D eigenvalue weighted by Crippen LogP contribution is 2.29. The summed E-state index contributed by atoms with van der Waals surface area (Å²) in [7, 11) is -4.02. The second-order valence-electron chi connectivity index (χ2n) is 6.96. The molecule has 0 saturated carbocycles. The molecule has 1 aliphatic heterocycles. The van der Waals surface area contributed by atoms with E-state index in [-0.39, 0.29) is 9.92 Å². The topological polar surface area (TPSA) is 120 Å². The van der Waals surface area contributed by atoms with Gasteiger partial charge in [0.2, 0.25) is 0 Å². The molecular formula is C19H18ClN5O4S. The molecule has 0 aliphatic carbocycles. The summed E-state index contributed by atoms with van der Waals surface area (Å²) in [6, 6.07) is 10.1. The number of benzene rings is 2. The van der Waals surface area contributed by atoms with Crippen LogP contribution in [0, 0.1) is 10.1 Å². The number of nitro benzene ring substituents is 1. The van der Waals surface area contributed by atoms with Gasteiger partial charge in [0.15, 0.2) is 5.82 Å². The minimum atomic E-state index is -4.02. The number of nitrogens with one attached hydrogen (secondary N) is 1. The largest absolute Gasteiger partial charge is 0.311 e. The van der Waals surface area contributed by atoms with Gasteiger partial charge in [-0.1, -0.05) is 18.0 Å². The summed E-state index contributed by atoms with van der Waals surface area (Å²) < 4.78 is 29.8. The van der Waals surface area contributed by atoms with Crippen molar-refractivity contribution >= 4 is 33.0 Å². The number of halogens is 1. The van der Waals surface area contributed by atoms with Crippen LogP contribution in [0.5, 0.6) is 0 Å². The second-order valence-corrected chi connectivity index (χ2v) is 9.04. The summed E-state index contributed by atoms with van der Waals surface area (Å²) in [6.07, 6.45) is 4.23. The maximum Gasteiger partial charge on any atom is 0.289 e. The van der Waals surface area contributed by atoms with Gasteiger partial charge >= 0.3 is 0 Å². The lowest BCUT2D eigenvalue weighted by molar-refractivity contribution is -0.384. The molecule has 3 aromatic rings. The first-order valence-corrected chi connectivity index (χ1v) is 11.2. The molecule has 0 saturated heterocycles. The molecule has 1 aromatic heterocycles. The van der Waals surface area contributed by atoms with E-state index in [1.54, 1.807) is 24.3 Å². The van der Waals surface area contributed by atoms with E-state index < -0.39 is 20.6 Å². The van der Waals surface area contributed by atoms with Gasteiger partial charge < -0.3 is 4.57 Å². The average Bonchev–Trinajstić information content (AvgIpc) is 2.96. The number of anilines is 1. The predicted octanol–water partition coefficient (Wildman–Crippen LogP) is 4.03. The normalized spacial score (nSPS) is 14.0. The number of nitrogens with zero attached hydrogens (tertiary/aromatic N) is 4. The number of hydrogen-bond donors (Lipinski definition) is 1. The number of sulfonamides is 1. The molecule has 0 radical (unpaired) electrons. The highest BCUT2D eigenvalue weighted by Gasteiger charge is 2.21. The van der Waals surface area contributed by atoms with Crippen LogP contribution in [-0.4, -0.2) is 28.1 Å². The molecule has 4 rings (SSSR count). The van der Waals surface area contributed by atoms with Crippen molar-refractivity contribution < 1.29 is 13.3 Å². The van der Waals surface area contributed by atoms with Crippen molar-refractivity contribution in [2.45, 2.75) is 37.1 Å². The van der Waals surface area contributed by atoms with Crippen LogP contribution < -0.4 is 4.72 Å². The molecule has 0 amide bonds. The van der Waals surface area contributed by atoms with Crippen molar-refractivity contribution in [2.75, 3.05) is 4.72 Å². The molecule has 30 heavy (non-hydrogen) atoms. The zero-order chi connectivity index (χ0) is 21.3. The van der Waals surface area contributed by atoms with E-state index in [2.05, 4.69) is 19.5 Å². The third-order valence-corrected chi connectivity index (χ3v) is 6.63. The zero-order valence-corrected chi connectivity index (χ0v) is 17.4. The zero-order valence-electron chi connectivity index (χ0n) is 15.8. The Morgan fingerprint density at radius 2 is 1.83 bits per heavy atom. The van der Waals surface area contributed by atoms with E-state index in [0.717, 1.165) is 55.5 Å². The van der Waals surface area contributed by atoms with Crippen LogP contribution in [0.1, 0.15) is 25.1 Å². The van der Waals surface area contributed by atoms with E-state index in [1.165, 1.54) is 12.1 Å². The molecule has 1 N–H and O–H groups in total. The van der Waals surface area contributed by atoms with Gasteiger partial charge in [0.1, 0.15) is 10.8 Å². The Hall–Kier alpha value is -2.98. The molecule has 0 bridgehead atoms. The van der Waals surface area contributed by atoms with Gasteiger partial charge in [-0.25, -0.2) is 8.42 Å². The number of aromatic nitrogens is 3. The predicted molar refractivity (Wildman–Crippen MR) is 112 cm³/mol. The summed E-state index contributed by atoms with van der Waals surface area (Å²) in [5.74, 6) is 1.73. The number of nitro groups is 1. The van der Waals surface area contributed by atoms with Crippen LogP contribution in [0.2, 0.25) is 5.02 Å². The summed E-state index contributed by atoms with van der Waals surface area (Å²) in [5, 5.41) is 19.5. The third kappa shape index (κ3) is 4.01. The van der Waals surface area contributed by atoms with Gasteiger partial charge in [0, 0.05) is 30.3 Å². The summed E-state index contributed by atoms with van der Waals surface area (Å²) in [6.45, 7) is 0.862. The first kappa shape index (κ1) is 20.3. The maximum atomic E-state index is 12.6. The Morgan fingerprint density at radius 1 is 1.07 bits per heavy atom. The Bertz CT molecular complexity index is 1210. The molecule has 11 heteroatoms. The third-order valence-electron chi connectivity index (χ3n) is 4.93. The molecule has 156 valence electrons. The molecule has 0 spiro atoms. The van der Waals surface area contributed by atoms with Gasteiger partial charge in [-0.15, -0.1) is 10.2 Å². The fraction of sp³-hybridized carbons (Fsp3) is 0.263. The molecule has 1 aliphatic rings. The smallest absolute Gasteiger partial charge is 0.289 e. The standard InChI is InChI=1S/C19H18ClN5O4S/c20-16-10-9-15(12-17(16)25(26)27)30(28,29)23-14-7-5-13(6-8-14)19-22-21-18-4-2-1-3-11-24(18)19/h5-10,12,23H,1-4,11H2. The minimum absolute atomic E-state index is 0.129. The van der Waals surface area contributed by atoms with E-state index in [1.807, 2.05) is 0 Å². The molecule has 9 nitrogen and oxygen atoms in total. The SMILES string of the molecule is O=[N+]([O-])c1cc(S(=O)(=O)Nc2ccc(-c3nnc4n3CCCCC4)cc2)ccc1Cl. The van der Waals surface area contributed by atoms with E-state index >= 15 is 0 Å². The van der Waals surface area contributed by atoms with Crippen LogP contribution in [0.15, 0.2) is 47.4 Å². The Kier molecular flexibility index (Phi) is 5.44. The lowest BCUT2D eigenvalue weighted by atomic mass is 10.2. The number of aryl methyl sites for hydroxylation is 1. The van der Waals surface area contributed by atoms with Crippen molar-refractivity contribution in [3.8, 4) is 11.4 Å². The number of rotatable bonds is 5. The van der Waals surface area contributed by atoms with Gasteiger partial charge in [-0.05, 0) is 49.2 Å². The van der Waals surface area contributed by atoms with Gasteiger partial charge in [0.05, 0.1) is 9.82 Å². The second kappa shape index (κ2) is 8.04. The van der Waals surface area contributed by atoms with E-state index in [9.17, 15) is 18.5 Å². The molecule has 2 aromatic carbocycles. The highest BCUT2D eigenvalue weighted by molar-refractivity contribution is 7.92. The number of fused-ring (bicyclic) bond motifs is 1. The Labute approximate surface area is 177 Å². The highest BCUT2D eigenvalue weighted by atomic mass is 35.5. The van der Waals surface area contributed by atoms with Gasteiger partial charge in [0.25, 0.3) is 15.7 Å². The van der Waals surface area contributed by atoms with Crippen molar-refractivity contribution in [3.63, 3.8) is 0 Å². The average molecular weight is 448 g/mol. The lowest BCUT2D eigenvalue weighted by Gasteiger charge is -2.10. The van der Waals surface area contributed by atoms with E-state index in [4.69, 9.17) is 11.6 Å². The van der Waals surface area contributed by atoms with Crippen LogP contribution in [0.3, 0.4) is 0 Å². The van der Waals surface area contributed by atoms with Crippen LogP contribution >= 0.6 is 11.6 Å². The molecule has 0 atom stereocenters. The number of hydrogen-bond acceptors (Lipinski definition) is 6. The van der Waals surface area contributed by atoms with Gasteiger partial charge in [-0.3, -0.25) is 14.8 Å². The van der Waals surface area contributed by atoms with Crippen LogP contribution in [0.4, 0.5) is 11.4 Å². The van der Waals surface area contributed by atoms with Crippen molar-refractivity contribution in [1.29, 1.82) is 0 Å². The maximum absolute atomic E-state index is 12.6. The fourth-order valence-electron chi connectivity index (χ4n) is 3.40. The van der Waals surface area contributed by atoms with Crippen LogP contribution in [-0.2, 0) is 23.0 Å². The fourth-order valence-corrected chi connectivity index (χ4v) is 4.66. The minimum Gasteiger partial charge on any atom is -0.311 e. The van der Waals surface area contributed by atoms with E-state index in [0.29, 0.717) is 5.69 Å². The molecule has 0 fully saturated rings. The lowest BCUT2D eigenvalue weighted by Crippen LogP contribution is -2.13. The Balaban J connectivity index is 1.58. The summed E-state index contributed by atoms with van der Waals surface area (Å²) in [5.41, 5.74) is 0.690. The summed E-state index contributed by atoms with van der Waals surface area (Å²) >= 11 is 5.76. The Morgan fingerprint density at radius 3 is 2.57 bits per heavy atom. The molecular weight excluding hydrogens is 430 g/mol. The quantitative estimate of drug-likeness (QED) is 0.465. The van der Waals surface area contributed by atoms with Crippen molar-refractivity contribution in [3.05, 3.63) is 63.4 Å². The van der Waals surface area contributed by atoms with Crippen molar-refractivity contribution in [1.82, 2.24) is 14.8 Å². The first-order chi connectivity index (χ1) is 14.3. The molecule has 0 unspecified atom stereocenters. The first-order valence-electron chi connectivity index (χ1n) is 9.34. The summed E-state index contributed by atoms with van der Waals surface area (Å²) in [4.78, 5) is 10.1. The van der Waals surface area contributed by atoms with Crippen molar-refractivity contribution in [2.24, 2.45) is 0 Å². The van der Waals surface area contributed by atoms with Gasteiger partial charge in [-0.2, -0.15) is 0 Å².